The highest BCUT2D eigenvalue weighted by molar-refractivity contribution is 7.81. The summed E-state index contributed by atoms with van der Waals surface area (Å²) in [6, 6.07) is 0. The Kier molecular flexibility index (Phi) is 8.68. The number of ether oxygens (including phenoxy) is 3. The van der Waals surface area contributed by atoms with Gasteiger partial charge in [0.05, 0.1) is 13.2 Å². The van der Waals surface area contributed by atoms with Crippen LogP contribution in [0.15, 0.2) is 0 Å². The van der Waals surface area contributed by atoms with Crippen molar-refractivity contribution >= 4 is 20.8 Å². The van der Waals surface area contributed by atoms with Crippen LogP contribution < -0.4 is 0 Å². The molecule has 10 atom stereocenters. The van der Waals surface area contributed by atoms with E-state index in [9.17, 15) is 47.5 Å². The van der Waals surface area contributed by atoms with Gasteiger partial charge in [-0.15, -0.1) is 0 Å². The second kappa shape index (κ2) is 10.1. The van der Waals surface area contributed by atoms with Crippen LogP contribution in [-0.2, 0) is 43.4 Å². The van der Waals surface area contributed by atoms with E-state index in [1.165, 1.54) is 0 Å². The van der Waals surface area contributed by atoms with Gasteiger partial charge in [0.15, 0.2) is 12.6 Å². The molecule has 2 fully saturated rings. The molecule has 0 aliphatic carbocycles. The van der Waals surface area contributed by atoms with E-state index in [4.69, 9.17) is 23.3 Å². The molecule has 0 amide bonds. The monoisotopic (exact) mass is 502 g/mol. The molecule has 0 radical (unpaired) electrons. The molecule has 0 aromatic carbocycles. The Balaban J connectivity index is 2.26. The summed E-state index contributed by atoms with van der Waals surface area (Å²) in [6.45, 7) is -2.02. The van der Waals surface area contributed by atoms with Crippen molar-refractivity contribution in [1.82, 2.24) is 0 Å². The van der Waals surface area contributed by atoms with Gasteiger partial charge in [-0.05, 0) is 0 Å². The largest absolute Gasteiger partial charge is 0.397 e. The number of rotatable bonds is 8. The molecule has 2 rings (SSSR count). The molecule has 0 bridgehead atoms. The summed E-state index contributed by atoms with van der Waals surface area (Å²) in [5.41, 5.74) is 0. The van der Waals surface area contributed by atoms with Crippen molar-refractivity contribution in [1.29, 1.82) is 0 Å². The molecule has 31 heavy (non-hydrogen) atoms. The van der Waals surface area contributed by atoms with Crippen LogP contribution >= 0.6 is 0 Å². The highest BCUT2D eigenvalue weighted by Crippen LogP contribution is 2.30. The third kappa shape index (κ3) is 6.93. The summed E-state index contributed by atoms with van der Waals surface area (Å²) < 4.78 is 84.5. The predicted octanol–water partition coefficient (Wildman–Crippen LogP) is -5.74. The first-order chi connectivity index (χ1) is 14.1. The van der Waals surface area contributed by atoms with E-state index < -0.39 is 95.4 Å². The Hall–Kier alpha value is -0.620. The van der Waals surface area contributed by atoms with E-state index in [0.29, 0.717) is 0 Å². The van der Waals surface area contributed by atoms with Crippen molar-refractivity contribution in [3.63, 3.8) is 0 Å². The SMILES string of the molecule is O=S(=O)(O)OC[C@H]1O[C@@H](O)[C@H](O)[C@@H](O)[C@@H]1O[C@@H]1O[C@H](CO)[C@H](O)[C@H](OS(=O)(=O)O)[C@H]1O. The summed E-state index contributed by atoms with van der Waals surface area (Å²) in [7, 11) is -10.2. The van der Waals surface area contributed by atoms with E-state index in [2.05, 4.69) is 8.37 Å². The molecule has 19 heteroatoms. The highest BCUT2D eigenvalue weighted by Gasteiger charge is 2.52. The van der Waals surface area contributed by atoms with Crippen LogP contribution in [0.1, 0.15) is 0 Å². The van der Waals surface area contributed by atoms with Crippen LogP contribution in [0, 0.1) is 0 Å². The minimum absolute atomic E-state index is 0.959. The fourth-order valence-electron chi connectivity index (χ4n) is 2.95. The normalized spacial score (nSPS) is 42.5. The fourth-order valence-corrected chi connectivity index (χ4v) is 3.76. The molecule has 2 aliphatic heterocycles. The average Bonchev–Trinajstić information content (AvgIpc) is 2.64. The van der Waals surface area contributed by atoms with Gasteiger partial charge < -0.3 is 44.8 Å². The standard InChI is InChI=1S/C12H22O17S2/c13-1-3-5(14)10(29-31(22,23)24)8(17)12(27-3)28-9-4(2-25-30(19,20)21)26-11(18)7(16)6(9)15/h3-18H,1-2H2,(H,19,20,21)(H,22,23,24)/t3-,4-,5+,6-,7-,8-,9-,10+,11-,12+/m1/s1. The van der Waals surface area contributed by atoms with Gasteiger partial charge in [0.1, 0.15) is 48.8 Å². The summed E-state index contributed by atoms with van der Waals surface area (Å²) >= 11 is 0. The maximum atomic E-state index is 11.0. The molecule has 0 aromatic heterocycles. The van der Waals surface area contributed by atoms with Gasteiger partial charge in [-0.25, -0.2) is 8.37 Å². The second-order valence-corrected chi connectivity index (χ2v) is 8.69. The van der Waals surface area contributed by atoms with Crippen LogP contribution in [-0.4, -0.2) is 131 Å². The maximum absolute atomic E-state index is 11.0. The van der Waals surface area contributed by atoms with Crippen molar-refractivity contribution in [2.45, 2.75) is 61.4 Å². The molecular weight excluding hydrogens is 480 g/mol. The Morgan fingerprint density at radius 3 is 1.87 bits per heavy atom. The first-order valence-electron chi connectivity index (χ1n) is 8.39. The minimum atomic E-state index is -5.21. The smallest absolute Gasteiger partial charge is 0.394 e. The maximum Gasteiger partial charge on any atom is 0.397 e. The predicted molar refractivity (Wildman–Crippen MR) is 89.4 cm³/mol. The molecule has 0 saturated carbocycles. The van der Waals surface area contributed by atoms with Gasteiger partial charge in [0, 0.05) is 0 Å². The first kappa shape index (κ1) is 26.6. The molecule has 0 aromatic rings. The lowest BCUT2D eigenvalue weighted by molar-refractivity contribution is -0.353. The molecule has 184 valence electrons. The quantitative estimate of drug-likeness (QED) is 0.143. The Bertz CT molecular complexity index is 800. The van der Waals surface area contributed by atoms with E-state index in [1.807, 2.05) is 0 Å². The lowest BCUT2D eigenvalue weighted by atomic mass is 9.97. The summed E-state index contributed by atoms with van der Waals surface area (Å²) in [5.74, 6) is 0. The van der Waals surface area contributed by atoms with Gasteiger partial charge in [-0.3, -0.25) is 9.11 Å². The zero-order chi connectivity index (χ0) is 23.7. The molecular formula is C12H22O17S2. The van der Waals surface area contributed by atoms with Gasteiger partial charge in [0.25, 0.3) is 0 Å². The second-order valence-electron chi connectivity index (χ2n) is 6.55. The fraction of sp³-hybridized carbons (Fsp3) is 1.00. The van der Waals surface area contributed by atoms with E-state index in [-0.39, 0.29) is 0 Å². The van der Waals surface area contributed by atoms with Crippen molar-refractivity contribution in [3.8, 4) is 0 Å². The van der Waals surface area contributed by atoms with Crippen LogP contribution in [0.4, 0.5) is 0 Å². The number of hydrogen-bond donors (Lipinski definition) is 8. The van der Waals surface area contributed by atoms with Crippen molar-refractivity contribution < 1.29 is 79.2 Å². The Morgan fingerprint density at radius 2 is 1.35 bits per heavy atom. The van der Waals surface area contributed by atoms with Gasteiger partial charge in [-0.2, -0.15) is 16.8 Å². The summed E-state index contributed by atoms with van der Waals surface area (Å²) in [6.07, 6.45) is -19.6. The van der Waals surface area contributed by atoms with Gasteiger partial charge >= 0.3 is 20.8 Å². The number of aliphatic hydroxyl groups excluding tert-OH is 6. The molecule has 2 saturated heterocycles. The third-order valence-electron chi connectivity index (χ3n) is 4.39. The summed E-state index contributed by atoms with van der Waals surface area (Å²) in [4.78, 5) is 0. The lowest BCUT2D eigenvalue weighted by Gasteiger charge is -2.45. The van der Waals surface area contributed by atoms with E-state index in [1.54, 1.807) is 0 Å². The zero-order valence-electron chi connectivity index (χ0n) is 15.3. The van der Waals surface area contributed by atoms with Crippen LogP contribution in [0.2, 0.25) is 0 Å². The van der Waals surface area contributed by atoms with Crippen LogP contribution in [0.25, 0.3) is 0 Å². The number of hydrogen-bond acceptors (Lipinski definition) is 15. The molecule has 2 aliphatic rings. The lowest BCUT2D eigenvalue weighted by Crippen LogP contribution is -2.65. The van der Waals surface area contributed by atoms with Gasteiger partial charge in [-0.1, -0.05) is 0 Å². The summed E-state index contributed by atoms with van der Waals surface area (Å²) in [5, 5.41) is 59.1. The van der Waals surface area contributed by atoms with Crippen molar-refractivity contribution in [3.05, 3.63) is 0 Å². The van der Waals surface area contributed by atoms with E-state index in [0.717, 1.165) is 0 Å². The molecule has 0 unspecified atom stereocenters. The minimum Gasteiger partial charge on any atom is -0.394 e. The van der Waals surface area contributed by atoms with Gasteiger partial charge in [0.2, 0.25) is 0 Å². The number of aliphatic hydroxyl groups is 6. The topological polar surface area (TPSA) is 276 Å². The zero-order valence-corrected chi connectivity index (χ0v) is 16.9. The van der Waals surface area contributed by atoms with Crippen molar-refractivity contribution in [2.24, 2.45) is 0 Å². The molecule has 17 nitrogen and oxygen atoms in total. The first-order valence-corrected chi connectivity index (χ1v) is 11.1. The molecule has 2 heterocycles. The third-order valence-corrected chi connectivity index (χ3v) is 5.29. The highest BCUT2D eigenvalue weighted by atomic mass is 32.3. The Labute approximate surface area is 175 Å². The average molecular weight is 502 g/mol. The van der Waals surface area contributed by atoms with Crippen LogP contribution in [0.5, 0.6) is 0 Å². The Morgan fingerprint density at radius 1 is 0.742 bits per heavy atom. The molecule has 0 spiro atoms. The molecule has 8 N–H and O–H groups in total. The van der Waals surface area contributed by atoms with Crippen LogP contribution in [0.3, 0.4) is 0 Å². The van der Waals surface area contributed by atoms with E-state index >= 15 is 0 Å². The van der Waals surface area contributed by atoms with Crippen molar-refractivity contribution in [2.75, 3.05) is 13.2 Å².